The Kier molecular flexibility index (Phi) is 7.30. The molecule has 3 N–H and O–H groups in total. The maximum absolute atomic E-state index is 14.0. The molecule has 2 aliphatic rings. The summed E-state index contributed by atoms with van der Waals surface area (Å²) < 4.78 is 1.42. The Morgan fingerprint density at radius 1 is 1.10 bits per heavy atom. The van der Waals surface area contributed by atoms with Gasteiger partial charge in [-0.05, 0) is 48.7 Å². The summed E-state index contributed by atoms with van der Waals surface area (Å²) in [5.41, 5.74) is 0.911. The highest BCUT2D eigenvalue weighted by molar-refractivity contribution is 6.07. The van der Waals surface area contributed by atoms with Crippen molar-refractivity contribution in [3.05, 3.63) is 106 Å². The molecule has 9 heteroatoms. The third-order valence-corrected chi connectivity index (χ3v) is 8.57. The fourth-order valence-corrected chi connectivity index (χ4v) is 6.22. The SMILES string of the molecule is C[C@H](/C=C/CC(=O)N1CCC[C@H]1CO)[C@@]1(O)C(=O)N(Cc2ccccc2)c2ccc(-n3[nH]c4ccccc4c3=O)cc21. The van der Waals surface area contributed by atoms with Crippen LogP contribution in [0.4, 0.5) is 5.69 Å². The molecule has 42 heavy (non-hydrogen) atoms. The van der Waals surface area contributed by atoms with E-state index in [2.05, 4.69) is 5.10 Å². The number of hydrogen-bond acceptors (Lipinski definition) is 5. The molecule has 3 aromatic carbocycles. The second kappa shape index (κ2) is 11.1. The van der Waals surface area contributed by atoms with Gasteiger partial charge in [-0.15, -0.1) is 0 Å². The molecule has 3 atom stereocenters. The molecule has 4 aromatic rings. The van der Waals surface area contributed by atoms with Crippen molar-refractivity contribution in [2.24, 2.45) is 5.92 Å². The van der Waals surface area contributed by atoms with E-state index in [1.165, 1.54) is 4.68 Å². The van der Waals surface area contributed by atoms with E-state index in [-0.39, 0.29) is 37.1 Å². The molecule has 6 rings (SSSR count). The first-order chi connectivity index (χ1) is 20.3. The van der Waals surface area contributed by atoms with Crippen LogP contribution in [0.2, 0.25) is 0 Å². The number of para-hydroxylation sites is 1. The van der Waals surface area contributed by atoms with Crippen LogP contribution >= 0.6 is 0 Å². The molecule has 0 bridgehead atoms. The highest BCUT2D eigenvalue weighted by Crippen LogP contribution is 2.46. The topological polar surface area (TPSA) is 119 Å². The predicted octanol–water partition coefficient (Wildman–Crippen LogP) is 3.62. The number of aromatic amines is 1. The Hall–Kier alpha value is -4.47. The average Bonchev–Trinajstić information content (AvgIpc) is 3.69. The van der Waals surface area contributed by atoms with Gasteiger partial charge < -0.3 is 20.0 Å². The zero-order valence-corrected chi connectivity index (χ0v) is 23.4. The van der Waals surface area contributed by atoms with Crippen LogP contribution in [0.5, 0.6) is 0 Å². The molecular formula is C33H34N4O5. The lowest BCUT2D eigenvalue weighted by Gasteiger charge is -2.28. The second-order valence-electron chi connectivity index (χ2n) is 11.1. The van der Waals surface area contributed by atoms with E-state index in [0.29, 0.717) is 34.4 Å². The number of nitrogens with zero attached hydrogens (tertiary/aromatic N) is 3. The lowest BCUT2D eigenvalue weighted by Crippen LogP contribution is -2.44. The summed E-state index contributed by atoms with van der Waals surface area (Å²) >= 11 is 0. The minimum atomic E-state index is -1.92. The zero-order chi connectivity index (χ0) is 29.4. The number of likely N-dealkylation sites (tertiary alicyclic amines) is 1. The van der Waals surface area contributed by atoms with Crippen LogP contribution in [0.15, 0.2) is 89.7 Å². The second-order valence-corrected chi connectivity index (χ2v) is 11.1. The van der Waals surface area contributed by atoms with Crippen molar-refractivity contribution < 1.29 is 19.8 Å². The van der Waals surface area contributed by atoms with E-state index in [4.69, 9.17) is 0 Å². The first-order valence-electron chi connectivity index (χ1n) is 14.3. The van der Waals surface area contributed by atoms with E-state index in [0.717, 1.165) is 18.4 Å². The van der Waals surface area contributed by atoms with Gasteiger partial charge in [0.25, 0.3) is 11.5 Å². The molecule has 9 nitrogen and oxygen atoms in total. The van der Waals surface area contributed by atoms with E-state index >= 15 is 0 Å². The van der Waals surface area contributed by atoms with E-state index in [1.54, 1.807) is 59.2 Å². The highest BCUT2D eigenvalue weighted by atomic mass is 16.3. The zero-order valence-electron chi connectivity index (χ0n) is 23.4. The Bertz CT molecular complexity index is 1730. The number of hydrogen-bond donors (Lipinski definition) is 3. The number of carbonyl (C=O) groups excluding carboxylic acids is 2. The van der Waals surface area contributed by atoms with Crippen molar-refractivity contribution in [2.75, 3.05) is 18.1 Å². The summed E-state index contributed by atoms with van der Waals surface area (Å²) in [5, 5.41) is 25.4. The van der Waals surface area contributed by atoms with Crippen LogP contribution < -0.4 is 10.5 Å². The number of H-pyrrole nitrogens is 1. The van der Waals surface area contributed by atoms with Gasteiger partial charge in [0.2, 0.25) is 5.91 Å². The fourth-order valence-electron chi connectivity index (χ4n) is 6.22. The molecule has 2 aliphatic heterocycles. The molecule has 0 unspecified atom stereocenters. The molecule has 0 radical (unpaired) electrons. The molecule has 0 aliphatic carbocycles. The predicted molar refractivity (Wildman–Crippen MR) is 160 cm³/mol. The van der Waals surface area contributed by atoms with Crippen LogP contribution in [0.3, 0.4) is 0 Å². The van der Waals surface area contributed by atoms with Crippen molar-refractivity contribution in [3.63, 3.8) is 0 Å². The molecule has 1 saturated heterocycles. The number of aliphatic hydroxyl groups is 2. The maximum Gasteiger partial charge on any atom is 0.279 e. The minimum Gasteiger partial charge on any atom is -0.394 e. The van der Waals surface area contributed by atoms with Gasteiger partial charge in [-0.1, -0.05) is 61.5 Å². The molecule has 0 saturated carbocycles. The van der Waals surface area contributed by atoms with Gasteiger partial charge in [0.15, 0.2) is 5.60 Å². The molecule has 3 heterocycles. The standard InChI is InChI=1S/C33H34N4O5/c1-22(9-7-15-30(39)35-18-8-12-25(35)21-38)33(42)27-19-24(37-31(40)26-13-5-6-14-28(26)34-37)16-17-29(27)36(32(33)41)20-23-10-3-2-4-11-23/h2-7,9-11,13-14,16-17,19,22,25,34,38,42H,8,12,15,18,20-21H2,1H3/b9-7+/t22-,25+,33+/m1/s1. The van der Waals surface area contributed by atoms with Crippen molar-refractivity contribution in [2.45, 2.75) is 44.4 Å². The van der Waals surface area contributed by atoms with Crippen LogP contribution in [0.1, 0.15) is 37.3 Å². The minimum absolute atomic E-state index is 0.0596. The maximum atomic E-state index is 14.0. The van der Waals surface area contributed by atoms with Gasteiger partial charge in [0.05, 0.1) is 41.5 Å². The van der Waals surface area contributed by atoms with Gasteiger partial charge in [0.1, 0.15) is 0 Å². The highest BCUT2D eigenvalue weighted by Gasteiger charge is 2.52. The average molecular weight is 567 g/mol. The molecule has 0 spiro atoms. The summed E-state index contributed by atoms with van der Waals surface area (Å²) in [6.07, 6.45) is 5.15. The van der Waals surface area contributed by atoms with Crippen molar-refractivity contribution in [1.29, 1.82) is 0 Å². The number of anilines is 1. The fraction of sp³-hybridized carbons (Fsp3) is 0.303. The summed E-state index contributed by atoms with van der Waals surface area (Å²) in [6.45, 7) is 2.58. The summed E-state index contributed by atoms with van der Waals surface area (Å²) in [6, 6.07) is 21.8. The van der Waals surface area contributed by atoms with Crippen LogP contribution in [0.25, 0.3) is 16.6 Å². The number of rotatable bonds is 8. The number of nitrogens with one attached hydrogen (secondary N) is 1. The number of fused-ring (bicyclic) bond motifs is 2. The number of aliphatic hydroxyl groups excluding tert-OH is 1. The van der Waals surface area contributed by atoms with Crippen LogP contribution in [0, 0.1) is 5.92 Å². The molecule has 1 aromatic heterocycles. The third kappa shape index (κ3) is 4.64. The number of aromatic nitrogens is 2. The molecule has 216 valence electrons. The molecular weight excluding hydrogens is 532 g/mol. The number of amides is 2. The van der Waals surface area contributed by atoms with Gasteiger partial charge in [-0.2, -0.15) is 0 Å². The largest absolute Gasteiger partial charge is 0.394 e. The van der Waals surface area contributed by atoms with Gasteiger partial charge in [0, 0.05) is 24.4 Å². The van der Waals surface area contributed by atoms with E-state index in [1.807, 2.05) is 42.5 Å². The van der Waals surface area contributed by atoms with Crippen LogP contribution in [-0.4, -0.2) is 55.9 Å². The van der Waals surface area contributed by atoms with Gasteiger partial charge in [-0.25, -0.2) is 4.68 Å². The first-order valence-corrected chi connectivity index (χ1v) is 14.3. The lowest BCUT2D eigenvalue weighted by molar-refractivity contribution is -0.139. The summed E-state index contributed by atoms with van der Waals surface area (Å²) in [4.78, 5) is 43.3. The van der Waals surface area contributed by atoms with Crippen molar-refractivity contribution in [1.82, 2.24) is 14.7 Å². The smallest absolute Gasteiger partial charge is 0.279 e. The Morgan fingerprint density at radius 3 is 2.62 bits per heavy atom. The Balaban J connectivity index is 1.36. The van der Waals surface area contributed by atoms with Crippen molar-refractivity contribution in [3.8, 4) is 5.69 Å². The molecule has 2 amide bonds. The third-order valence-electron chi connectivity index (χ3n) is 8.57. The number of benzene rings is 3. The molecule has 1 fully saturated rings. The van der Waals surface area contributed by atoms with Gasteiger partial charge >= 0.3 is 0 Å². The van der Waals surface area contributed by atoms with Crippen molar-refractivity contribution >= 4 is 28.4 Å². The Morgan fingerprint density at radius 2 is 1.86 bits per heavy atom. The first kappa shape index (κ1) is 27.7. The quantitative estimate of drug-likeness (QED) is 0.282. The van der Waals surface area contributed by atoms with E-state index < -0.39 is 17.4 Å². The lowest BCUT2D eigenvalue weighted by atomic mass is 9.82. The monoisotopic (exact) mass is 566 g/mol. The Labute approximate surface area is 243 Å². The van der Waals surface area contributed by atoms with Gasteiger partial charge in [-0.3, -0.25) is 19.5 Å². The summed E-state index contributed by atoms with van der Waals surface area (Å²) in [7, 11) is 0. The number of carbonyl (C=O) groups is 2. The van der Waals surface area contributed by atoms with E-state index in [9.17, 15) is 24.6 Å². The van der Waals surface area contributed by atoms with Crippen LogP contribution in [-0.2, 0) is 21.7 Å². The normalized spacial score (nSPS) is 21.0. The summed E-state index contributed by atoms with van der Waals surface area (Å²) in [5.74, 6) is -1.24.